The summed E-state index contributed by atoms with van der Waals surface area (Å²) in [4.78, 5) is 11.3. The number of nitrogens with zero attached hydrogens (tertiary/aromatic N) is 3. The second-order valence-corrected chi connectivity index (χ2v) is 5.35. The fourth-order valence-electron chi connectivity index (χ4n) is 1.89. The Morgan fingerprint density at radius 1 is 1.15 bits per heavy atom. The summed E-state index contributed by atoms with van der Waals surface area (Å²) in [6.45, 7) is 5.27. The van der Waals surface area contributed by atoms with Crippen molar-refractivity contribution in [3.05, 3.63) is 16.5 Å². The number of halogens is 1. The smallest absolute Gasteiger partial charge is 0.133 e. The molecule has 0 saturated carbocycles. The van der Waals surface area contributed by atoms with E-state index in [1.54, 1.807) is 14.2 Å². The number of hydrogen-bond donors (Lipinski definition) is 0. The van der Waals surface area contributed by atoms with Crippen molar-refractivity contribution in [2.75, 3.05) is 45.4 Å². The van der Waals surface area contributed by atoms with Crippen molar-refractivity contribution >= 4 is 21.7 Å². The molecule has 114 valence electrons. The maximum absolute atomic E-state index is 5.18. The molecule has 0 spiro atoms. The van der Waals surface area contributed by atoms with Crippen molar-refractivity contribution in [1.29, 1.82) is 0 Å². The molecule has 0 unspecified atom stereocenters. The molecular formula is C14H24BrN3O2. The first-order chi connectivity index (χ1) is 9.71. The largest absolute Gasteiger partial charge is 0.385 e. The van der Waals surface area contributed by atoms with Gasteiger partial charge in [-0.3, -0.25) is 0 Å². The Kier molecular flexibility index (Phi) is 8.73. The Morgan fingerprint density at radius 3 is 2.55 bits per heavy atom. The minimum atomic E-state index is 0.678. The molecule has 0 aliphatic carbocycles. The molecule has 0 radical (unpaired) electrons. The number of ether oxygens (including phenoxy) is 2. The molecule has 0 atom stereocenters. The van der Waals surface area contributed by atoms with Crippen molar-refractivity contribution in [3.63, 3.8) is 0 Å². The number of rotatable bonds is 10. The fraction of sp³-hybridized carbons (Fsp3) is 0.714. The van der Waals surface area contributed by atoms with E-state index in [1.807, 2.05) is 6.07 Å². The van der Waals surface area contributed by atoms with Crippen LogP contribution in [-0.2, 0) is 15.9 Å². The lowest BCUT2D eigenvalue weighted by molar-refractivity contribution is 0.191. The van der Waals surface area contributed by atoms with Crippen LogP contribution in [0.4, 0.5) is 5.82 Å². The Labute approximate surface area is 129 Å². The van der Waals surface area contributed by atoms with Gasteiger partial charge in [-0.1, -0.05) is 6.92 Å². The van der Waals surface area contributed by atoms with Crippen LogP contribution in [0.3, 0.4) is 0 Å². The molecule has 20 heavy (non-hydrogen) atoms. The topological polar surface area (TPSA) is 47.5 Å². The van der Waals surface area contributed by atoms with E-state index in [1.165, 1.54) is 0 Å². The molecule has 1 aromatic heterocycles. The van der Waals surface area contributed by atoms with Crippen LogP contribution in [-0.4, -0.2) is 50.5 Å². The Hall–Kier alpha value is -0.720. The summed E-state index contributed by atoms with van der Waals surface area (Å²) in [6.07, 6.45) is 2.89. The molecule has 1 heterocycles. The number of aromatic nitrogens is 2. The fourth-order valence-corrected chi connectivity index (χ4v) is 2.30. The average Bonchev–Trinajstić information content (AvgIpc) is 2.42. The average molecular weight is 346 g/mol. The zero-order chi connectivity index (χ0) is 14.8. The minimum Gasteiger partial charge on any atom is -0.385 e. The molecule has 0 amide bonds. The Balaban J connectivity index is 2.81. The van der Waals surface area contributed by atoms with Gasteiger partial charge in [-0.2, -0.15) is 0 Å². The van der Waals surface area contributed by atoms with Crippen molar-refractivity contribution in [2.45, 2.75) is 26.2 Å². The van der Waals surface area contributed by atoms with Gasteiger partial charge in [0.15, 0.2) is 0 Å². The highest BCUT2D eigenvalue weighted by Gasteiger charge is 2.10. The van der Waals surface area contributed by atoms with E-state index in [9.17, 15) is 0 Å². The summed E-state index contributed by atoms with van der Waals surface area (Å²) in [6, 6.07) is 1.96. The van der Waals surface area contributed by atoms with Gasteiger partial charge in [0.05, 0.1) is 6.61 Å². The van der Waals surface area contributed by atoms with E-state index >= 15 is 0 Å². The van der Waals surface area contributed by atoms with Gasteiger partial charge in [-0.15, -0.1) is 0 Å². The van der Waals surface area contributed by atoms with Gasteiger partial charge in [-0.05, 0) is 28.8 Å². The molecule has 1 aromatic rings. The summed E-state index contributed by atoms with van der Waals surface area (Å²) < 4.78 is 11.1. The molecule has 0 bridgehead atoms. The zero-order valence-corrected chi connectivity index (χ0v) is 14.1. The lowest BCUT2D eigenvalue weighted by atomic mass is 10.3. The van der Waals surface area contributed by atoms with Crippen LogP contribution in [0, 0.1) is 0 Å². The number of hydrogen-bond acceptors (Lipinski definition) is 5. The first kappa shape index (κ1) is 17.3. The van der Waals surface area contributed by atoms with Crippen LogP contribution < -0.4 is 4.90 Å². The molecule has 0 aliphatic rings. The van der Waals surface area contributed by atoms with Crippen LogP contribution in [0.1, 0.15) is 25.6 Å². The predicted octanol–water partition coefficient (Wildman–Crippen LogP) is 2.68. The highest BCUT2D eigenvalue weighted by molar-refractivity contribution is 9.10. The maximum Gasteiger partial charge on any atom is 0.133 e. The third-order valence-corrected chi connectivity index (χ3v) is 3.27. The van der Waals surface area contributed by atoms with Crippen LogP contribution in [0.15, 0.2) is 10.7 Å². The second-order valence-electron chi connectivity index (χ2n) is 4.54. The highest BCUT2D eigenvalue weighted by atomic mass is 79.9. The van der Waals surface area contributed by atoms with Gasteiger partial charge >= 0.3 is 0 Å². The summed E-state index contributed by atoms with van der Waals surface area (Å²) in [5.41, 5.74) is 0. The van der Waals surface area contributed by atoms with Gasteiger partial charge in [-0.25, -0.2) is 9.97 Å². The van der Waals surface area contributed by atoms with E-state index in [0.717, 1.165) is 55.2 Å². The summed E-state index contributed by atoms with van der Waals surface area (Å²) >= 11 is 3.47. The molecular weight excluding hydrogens is 322 g/mol. The quantitative estimate of drug-likeness (QED) is 0.482. The van der Waals surface area contributed by atoms with Crippen LogP contribution in [0.5, 0.6) is 0 Å². The van der Waals surface area contributed by atoms with Gasteiger partial charge in [0.2, 0.25) is 0 Å². The lowest BCUT2D eigenvalue weighted by Gasteiger charge is -2.23. The van der Waals surface area contributed by atoms with Crippen molar-refractivity contribution in [3.8, 4) is 0 Å². The third kappa shape index (κ3) is 6.15. The highest BCUT2D eigenvalue weighted by Crippen LogP contribution is 2.17. The van der Waals surface area contributed by atoms with E-state index in [2.05, 4.69) is 37.7 Å². The summed E-state index contributed by atoms with van der Waals surface area (Å²) in [7, 11) is 3.44. The predicted molar refractivity (Wildman–Crippen MR) is 84.3 cm³/mol. The van der Waals surface area contributed by atoms with Gasteiger partial charge < -0.3 is 14.4 Å². The summed E-state index contributed by atoms with van der Waals surface area (Å²) in [5, 5.41) is 0. The van der Waals surface area contributed by atoms with E-state index in [0.29, 0.717) is 6.61 Å². The number of methoxy groups -OCH3 is 2. The normalized spacial score (nSPS) is 10.8. The van der Waals surface area contributed by atoms with Crippen LogP contribution in [0.2, 0.25) is 0 Å². The van der Waals surface area contributed by atoms with E-state index in [-0.39, 0.29) is 0 Å². The first-order valence-corrected chi connectivity index (χ1v) is 7.76. The van der Waals surface area contributed by atoms with Gasteiger partial charge in [0, 0.05) is 46.4 Å². The van der Waals surface area contributed by atoms with Crippen molar-refractivity contribution in [1.82, 2.24) is 9.97 Å². The van der Waals surface area contributed by atoms with Gasteiger partial charge in [0.1, 0.15) is 16.2 Å². The molecule has 5 nitrogen and oxygen atoms in total. The monoisotopic (exact) mass is 345 g/mol. The van der Waals surface area contributed by atoms with E-state index < -0.39 is 0 Å². The van der Waals surface area contributed by atoms with Crippen LogP contribution >= 0.6 is 15.9 Å². The molecule has 0 aromatic carbocycles. The van der Waals surface area contributed by atoms with Crippen LogP contribution in [0.25, 0.3) is 0 Å². The molecule has 0 N–H and O–H groups in total. The first-order valence-electron chi connectivity index (χ1n) is 6.97. The Bertz CT molecular complexity index is 391. The number of anilines is 1. The summed E-state index contributed by atoms with van der Waals surface area (Å²) in [5.74, 6) is 1.83. The minimum absolute atomic E-state index is 0.678. The third-order valence-electron chi connectivity index (χ3n) is 2.87. The number of aryl methyl sites for hydroxylation is 1. The standard InChI is InChI=1S/C14H24BrN3O2/c1-4-6-13-16-12(15)11-14(17-13)18(8-10-20-3)7-5-9-19-2/h11H,4-10H2,1-3H3. The SMILES string of the molecule is CCCc1nc(Br)cc(N(CCCOC)CCOC)n1. The molecule has 1 rings (SSSR count). The molecule has 0 saturated heterocycles. The molecule has 0 aliphatic heterocycles. The molecule has 0 fully saturated rings. The maximum atomic E-state index is 5.18. The lowest BCUT2D eigenvalue weighted by Crippen LogP contribution is -2.30. The molecule has 6 heteroatoms. The van der Waals surface area contributed by atoms with E-state index in [4.69, 9.17) is 9.47 Å². The van der Waals surface area contributed by atoms with Crippen molar-refractivity contribution < 1.29 is 9.47 Å². The van der Waals surface area contributed by atoms with Crippen molar-refractivity contribution in [2.24, 2.45) is 0 Å². The zero-order valence-electron chi connectivity index (χ0n) is 12.6. The Morgan fingerprint density at radius 2 is 1.90 bits per heavy atom. The second kappa shape index (κ2) is 10.1. The van der Waals surface area contributed by atoms with Gasteiger partial charge in [0.25, 0.3) is 0 Å².